The number of carbonyl (C=O) groups is 2. The number of benzene rings is 2. The van der Waals surface area contributed by atoms with E-state index in [0.29, 0.717) is 35.5 Å². The zero-order chi connectivity index (χ0) is 28.6. The molecule has 0 atom stereocenters. The van der Waals surface area contributed by atoms with E-state index < -0.39 is 6.09 Å². The Bertz CT molecular complexity index is 1680. The van der Waals surface area contributed by atoms with Gasteiger partial charge in [-0.1, -0.05) is 6.07 Å². The number of ether oxygens (including phenoxy) is 1. The third kappa shape index (κ3) is 5.51. The van der Waals surface area contributed by atoms with Crippen LogP contribution in [-0.4, -0.2) is 49.3 Å². The molecule has 4 aromatic rings. The summed E-state index contributed by atoms with van der Waals surface area (Å²) in [5.41, 5.74) is 6.21. The average molecular weight is 544 g/mol. The van der Waals surface area contributed by atoms with Crippen molar-refractivity contribution in [3.05, 3.63) is 99.9 Å². The number of carboxylic acid groups (broad SMARTS) is 1. The summed E-state index contributed by atoms with van der Waals surface area (Å²) in [7, 11) is 1.71. The molecule has 0 unspecified atom stereocenters. The molecule has 0 aliphatic carbocycles. The normalized spacial score (nSPS) is 13.7. The van der Waals surface area contributed by atoms with E-state index in [1.807, 2.05) is 39.0 Å². The highest BCUT2D eigenvalue weighted by molar-refractivity contribution is 6.00. The monoisotopic (exact) mass is 543 g/mol. The lowest BCUT2D eigenvalue weighted by atomic mass is 9.94. The molecule has 10 heteroatoms. The van der Waals surface area contributed by atoms with Crippen LogP contribution in [0, 0.1) is 26.6 Å². The molecule has 3 heterocycles. The zero-order valence-electron chi connectivity index (χ0n) is 22.8. The molecule has 40 heavy (non-hydrogen) atoms. The molecule has 1 aliphatic rings. The number of aromatic nitrogens is 3. The number of hydrogen-bond donors (Lipinski definition) is 1. The number of amides is 2. The summed E-state index contributed by atoms with van der Waals surface area (Å²) < 4.78 is 23.5. The summed E-state index contributed by atoms with van der Waals surface area (Å²) >= 11 is 0. The average Bonchev–Trinajstić information content (AvgIpc) is 3.12. The van der Waals surface area contributed by atoms with Gasteiger partial charge in [-0.05, 0) is 79.4 Å². The molecule has 2 aromatic heterocycles. The largest absolute Gasteiger partial charge is 0.490 e. The minimum Gasteiger partial charge on any atom is -0.490 e. The number of nitrogens with zero attached hydrogens (tertiary/aromatic N) is 5. The van der Waals surface area contributed by atoms with Gasteiger partial charge in [-0.15, -0.1) is 4.99 Å². The molecule has 0 fully saturated rings. The number of rotatable bonds is 5. The second kappa shape index (κ2) is 10.8. The van der Waals surface area contributed by atoms with E-state index in [4.69, 9.17) is 4.74 Å². The van der Waals surface area contributed by atoms with Gasteiger partial charge in [0.2, 0.25) is 5.62 Å². The lowest BCUT2D eigenvalue weighted by molar-refractivity contribution is 0.0740. The summed E-state index contributed by atoms with van der Waals surface area (Å²) in [6.45, 7) is 6.96. The van der Waals surface area contributed by atoms with Gasteiger partial charge in [0.1, 0.15) is 18.2 Å². The fourth-order valence-corrected chi connectivity index (χ4v) is 5.17. The van der Waals surface area contributed by atoms with E-state index in [0.717, 1.165) is 28.1 Å². The number of imidazole rings is 1. The van der Waals surface area contributed by atoms with Gasteiger partial charge in [-0.2, -0.15) is 0 Å². The SMILES string of the molecule is Cc1cc(C)nc(CN2CCOc3c(cc(Cn4ccn(C)c4=NC(=O)O)cc3-c3ccc(F)cc3C)C2=O)c1. The molecule has 0 spiro atoms. The van der Waals surface area contributed by atoms with Gasteiger partial charge >= 0.3 is 6.09 Å². The van der Waals surface area contributed by atoms with Crippen LogP contribution < -0.4 is 10.4 Å². The van der Waals surface area contributed by atoms with E-state index >= 15 is 0 Å². The van der Waals surface area contributed by atoms with Crippen LogP contribution in [-0.2, 0) is 20.1 Å². The maximum absolute atomic E-state index is 14.0. The van der Waals surface area contributed by atoms with Crippen LogP contribution in [0.5, 0.6) is 5.75 Å². The highest BCUT2D eigenvalue weighted by Gasteiger charge is 2.28. The quantitative estimate of drug-likeness (QED) is 0.396. The Labute approximate surface area is 230 Å². The van der Waals surface area contributed by atoms with Crippen molar-refractivity contribution in [3.8, 4) is 16.9 Å². The van der Waals surface area contributed by atoms with Crippen molar-refractivity contribution in [2.45, 2.75) is 33.9 Å². The van der Waals surface area contributed by atoms with Crippen LogP contribution >= 0.6 is 0 Å². The first-order valence-corrected chi connectivity index (χ1v) is 12.9. The molecule has 5 rings (SSSR count). The first-order valence-electron chi connectivity index (χ1n) is 12.9. The van der Waals surface area contributed by atoms with Gasteiger partial charge in [0.05, 0.1) is 30.9 Å². The molecular formula is C30H30FN5O4. The first kappa shape index (κ1) is 26.9. The molecule has 1 N–H and O–H groups in total. The second-order valence-electron chi connectivity index (χ2n) is 10.1. The van der Waals surface area contributed by atoms with Crippen molar-refractivity contribution < 1.29 is 23.8 Å². The van der Waals surface area contributed by atoms with Crippen molar-refractivity contribution in [2.24, 2.45) is 12.0 Å². The number of fused-ring (bicyclic) bond motifs is 1. The maximum atomic E-state index is 14.0. The van der Waals surface area contributed by atoms with Crippen LogP contribution in [0.4, 0.5) is 9.18 Å². The predicted octanol–water partition coefficient (Wildman–Crippen LogP) is 4.61. The molecule has 0 saturated heterocycles. The summed E-state index contributed by atoms with van der Waals surface area (Å²) in [5.74, 6) is -0.120. The van der Waals surface area contributed by atoms with Crippen LogP contribution in [0.3, 0.4) is 0 Å². The topological polar surface area (TPSA) is 102 Å². The van der Waals surface area contributed by atoms with Crippen molar-refractivity contribution >= 4 is 12.0 Å². The summed E-state index contributed by atoms with van der Waals surface area (Å²) in [4.78, 5) is 35.4. The van der Waals surface area contributed by atoms with Crippen molar-refractivity contribution in [3.63, 3.8) is 0 Å². The Morgan fingerprint density at radius 1 is 1.05 bits per heavy atom. The van der Waals surface area contributed by atoms with Gasteiger partial charge in [0, 0.05) is 30.7 Å². The first-order chi connectivity index (χ1) is 19.1. The lowest BCUT2D eigenvalue weighted by Gasteiger charge is -2.21. The fourth-order valence-electron chi connectivity index (χ4n) is 5.17. The minimum atomic E-state index is -1.31. The standard InChI is InChI=1S/C30H30FN5O4/c1-18-11-20(3)32-23(12-18)17-35-9-10-40-27-25(24-6-5-22(31)13-19(24)2)14-21(15-26(27)28(35)37)16-36-8-7-34(4)29(36)33-30(38)39/h5-8,11-15H,9-10,16-17H2,1-4H3,(H,38,39). The number of pyridine rings is 1. The summed E-state index contributed by atoms with van der Waals surface area (Å²) in [6.07, 6.45) is 2.13. The fraction of sp³-hybridized carbons (Fsp3) is 0.267. The van der Waals surface area contributed by atoms with Crippen molar-refractivity contribution in [1.29, 1.82) is 0 Å². The van der Waals surface area contributed by atoms with Crippen molar-refractivity contribution in [1.82, 2.24) is 19.0 Å². The summed E-state index contributed by atoms with van der Waals surface area (Å²) in [6, 6.07) is 12.1. The van der Waals surface area contributed by atoms with Gasteiger partial charge in [-0.25, -0.2) is 9.18 Å². The maximum Gasteiger partial charge on any atom is 0.434 e. The Morgan fingerprint density at radius 3 is 2.55 bits per heavy atom. The lowest BCUT2D eigenvalue weighted by Crippen LogP contribution is -2.32. The van der Waals surface area contributed by atoms with Crippen molar-refractivity contribution in [2.75, 3.05) is 13.2 Å². The van der Waals surface area contributed by atoms with E-state index in [-0.39, 0.29) is 30.5 Å². The highest BCUT2D eigenvalue weighted by atomic mass is 19.1. The van der Waals surface area contributed by atoms with Crippen LogP contribution in [0.2, 0.25) is 0 Å². The predicted molar refractivity (Wildman–Crippen MR) is 147 cm³/mol. The van der Waals surface area contributed by atoms with Gasteiger partial charge in [0.25, 0.3) is 5.91 Å². The number of carbonyl (C=O) groups excluding carboxylic acids is 1. The zero-order valence-corrected chi connectivity index (χ0v) is 22.8. The van der Waals surface area contributed by atoms with E-state index in [9.17, 15) is 19.1 Å². The highest BCUT2D eigenvalue weighted by Crippen LogP contribution is 2.38. The Hall–Kier alpha value is -4.73. The molecule has 206 valence electrons. The van der Waals surface area contributed by atoms with Crippen LogP contribution in [0.1, 0.15) is 38.4 Å². The van der Waals surface area contributed by atoms with Gasteiger partial charge in [0.15, 0.2) is 0 Å². The van der Waals surface area contributed by atoms with E-state index in [1.165, 1.54) is 12.1 Å². The molecule has 2 aromatic carbocycles. The second-order valence-corrected chi connectivity index (χ2v) is 10.1. The third-order valence-electron chi connectivity index (χ3n) is 6.85. The molecule has 1 aliphatic heterocycles. The van der Waals surface area contributed by atoms with Crippen LogP contribution in [0.15, 0.2) is 59.9 Å². The smallest absolute Gasteiger partial charge is 0.434 e. The van der Waals surface area contributed by atoms with E-state index in [2.05, 4.69) is 9.98 Å². The molecule has 9 nitrogen and oxygen atoms in total. The number of halogens is 1. The Balaban J connectivity index is 1.63. The minimum absolute atomic E-state index is 0.204. The summed E-state index contributed by atoms with van der Waals surface area (Å²) in [5, 5.41) is 9.26. The molecular weight excluding hydrogens is 513 g/mol. The number of hydrogen-bond acceptors (Lipinski definition) is 4. The Kier molecular flexibility index (Phi) is 7.25. The van der Waals surface area contributed by atoms with E-state index in [1.54, 1.807) is 45.6 Å². The molecule has 0 radical (unpaired) electrons. The Morgan fingerprint density at radius 2 is 1.82 bits per heavy atom. The van der Waals surface area contributed by atoms with Gasteiger partial charge < -0.3 is 23.9 Å². The molecule has 0 bridgehead atoms. The number of aryl methyl sites for hydroxylation is 4. The van der Waals surface area contributed by atoms with Gasteiger partial charge in [-0.3, -0.25) is 9.78 Å². The molecule has 0 saturated carbocycles. The van der Waals surface area contributed by atoms with Crippen LogP contribution in [0.25, 0.3) is 11.1 Å². The third-order valence-corrected chi connectivity index (χ3v) is 6.85. The molecule has 2 amide bonds.